The Morgan fingerprint density at radius 3 is 2.60 bits per heavy atom. The van der Waals surface area contributed by atoms with Gasteiger partial charge in [-0.3, -0.25) is 0 Å². The van der Waals surface area contributed by atoms with Gasteiger partial charge in [0.1, 0.15) is 5.76 Å². The number of hydrogen-bond donors (Lipinski definition) is 3. The fourth-order valence-corrected chi connectivity index (χ4v) is 2.26. The molecule has 1 heterocycles. The summed E-state index contributed by atoms with van der Waals surface area (Å²) in [6, 6.07) is -0.438. The maximum atomic E-state index is 12.1. The van der Waals surface area contributed by atoms with Crippen LogP contribution in [-0.2, 0) is 0 Å². The molecular weight excluding hydrogens is 258 g/mol. The smallest absolute Gasteiger partial charge is 0.315 e. The van der Waals surface area contributed by atoms with Crippen LogP contribution in [0.3, 0.4) is 0 Å². The summed E-state index contributed by atoms with van der Waals surface area (Å²) < 4.78 is 5.10. The molecular formula is C14H25N3O3. The molecule has 0 bridgehead atoms. The Morgan fingerprint density at radius 1 is 1.50 bits per heavy atom. The number of urea groups is 1. The summed E-state index contributed by atoms with van der Waals surface area (Å²) in [5, 5.41) is 18.7. The zero-order chi connectivity index (χ0) is 15.3. The van der Waals surface area contributed by atoms with Crippen LogP contribution in [0, 0.1) is 13.8 Å². The van der Waals surface area contributed by atoms with Crippen LogP contribution in [0.5, 0.6) is 0 Å². The van der Waals surface area contributed by atoms with Crippen LogP contribution in [0.15, 0.2) is 4.52 Å². The topological polar surface area (TPSA) is 87.4 Å². The first kappa shape index (κ1) is 16.5. The molecule has 2 amide bonds. The van der Waals surface area contributed by atoms with Gasteiger partial charge in [0.25, 0.3) is 0 Å². The molecule has 0 aromatic carbocycles. The van der Waals surface area contributed by atoms with Crippen LogP contribution < -0.4 is 10.6 Å². The zero-order valence-corrected chi connectivity index (χ0v) is 12.9. The lowest BCUT2D eigenvalue weighted by molar-refractivity contribution is 0.199. The molecule has 0 fully saturated rings. The van der Waals surface area contributed by atoms with Crippen LogP contribution in [0.1, 0.15) is 56.7 Å². The fourth-order valence-electron chi connectivity index (χ4n) is 2.26. The molecule has 2 atom stereocenters. The van der Waals surface area contributed by atoms with E-state index in [1.165, 1.54) is 0 Å². The number of aliphatic hydroxyl groups excluding tert-OH is 1. The van der Waals surface area contributed by atoms with Gasteiger partial charge in [0.15, 0.2) is 0 Å². The molecule has 6 nitrogen and oxygen atoms in total. The summed E-state index contributed by atoms with van der Waals surface area (Å²) in [5.74, 6) is 0.712. The predicted octanol–water partition coefficient (Wildman–Crippen LogP) is 2.20. The maximum absolute atomic E-state index is 12.1. The van der Waals surface area contributed by atoms with E-state index in [0.717, 1.165) is 17.7 Å². The van der Waals surface area contributed by atoms with Crippen LogP contribution in [-0.4, -0.2) is 28.4 Å². The number of nitrogens with zero attached hydrogens (tertiary/aromatic N) is 1. The van der Waals surface area contributed by atoms with Crippen molar-refractivity contribution in [3.63, 3.8) is 0 Å². The highest BCUT2D eigenvalue weighted by Gasteiger charge is 2.25. The monoisotopic (exact) mass is 283 g/mol. The molecule has 0 aliphatic rings. The summed E-state index contributed by atoms with van der Waals surface area (Å²) in [7, 11) is 0. The second-order valence-corrected chi connectivity index (χ2v) is 5.45. The Morgan fingerprint density at radius 2 is 2.15 bits per heavy atom. The molecule has 0 spiro atoms. The van der Waals surface area contributed by atoms with E-state index >= 15 is 0 Å². The second kappa shape index (κ2) is 6.74. The van der Waals surface area contributed by atoms with Crippen molar-refractivity contribution in [3.8, 4) is 0 Å². The van der Waals surface area contributed by atoms with Crippen molar-refractivity contribution >= 4 is 6.03 Å². The van der Waals surface area contributed by atoms with Gasteiger partial charge in [-0.1, -0.05) is 12.1 Å². The normalized spacial score (nSPS) is 15.5. The molecule has 0 saturated carbocycles. The van der Waals surface area contributed by atoms with Crippen molar-refractivity contribution in [3.05, 3.63) is 17.0 Å². The SMILES string of the molecule is CCC(C)(CCO)NC(=O)NC(C)c1c(C)noc1C. The molecule has 0 aliphatic heterocycles. The van der Waals surface area contributed by atoms with Gasteiger partial charge in [-0.2, -0.15) is 0 Å². The van der Waals surface area contributed by atoms with Gasteiger partial charge in [-0.15, -0.1) is 0 Å². The number of aliphatic hydroxyl groups is 1. The van der Waals surface area contributed by atoms with Crippen molar-refractivity contribution in [1.29, 1.82) is 0 Å². The van der Waals surface area contributed by atoms with Crippen molar-refractivity contribution < 1.29 is 14.4 Å². The maximum Gasteiger partial charge on any atom is 0.315 e. The summed E-state index contributed by atoms with van der Waals surface area (Å²) in [4.78, 5) is 12.1. The minimum atomic E-state index is -0.405. The van der Waals surface area contributed by atoms with Gasteiger partial charge in [0.05, 0.1) is 11.7 Å². The average molecular weight is 283 g/mol. The third kappa shape index (κ3) is 3.96. The zero-order valence-electron chi connectivity index (χ0n) is 12.9. The molecule has 1 rings (SSSR count). The van der Waals surface area contributed by atoms with E-state index in [0.29, 0.717) is 12.2 Å². The highest BCUT2D eigenvalue weighted by molar-refractivity contribution is 5.75. The Balaban J connectivity index is 2.67. The number of carbonyl (C=O) groups is 1. The van der Waals surface area contributed by atoms with Crippen LogP contribution in [0.4, 0.5) is 4.79 Å². The molecule has 1 aromatic heterocycles. The molecule has 3 N–H and O–H groups in total. The lowest BCUT2D eigenvalue weighted by atomic mass is 9.95. The van der Waals surface area contributed by atoms with E-state index in [1.807, 2.05) is 34.6 Å². The van der Waals surface area contributed by atoms with E-state index < -0.39 is 5.54 Å². The fraction of sp³-hybridized carbons (Fsp3) is 0.714. The van der Waals surface area contributed by atoms with Gasteiger partial charge >= 0.3 is 6.03 Å². The molecule has 2 unspecified atom stereocenters. The van der Waals surface area contributed by atoms with Gasteiger partial charge < -0.3 is 20.3 Å². The van der Waals surface area contributed by atoms with Gasteiger partial charge in [-0.05, 0) is 40.5 Å². The van der Waals surface area contributed by atoms with Gasteiger partial charge in [0.2, 0.25) is 0 Å². The molecule has 0 saturated heterocycles. The van der Waals surface area contributed by atoms with Crippen molar-refractivity contribution in [1.82, 2.24) is 15.8 Å². The molecule has 0 aliphatic carbocycles. The predicted molar refractivity (Wildman–Crippen MR) is 76.5 cm³/mol. The summed E-state index contributed by atoms with van der Waals surface area (Å²) in [6.07, 6.45) is 1.28. The summed E-state index contributed by atoms with van der Waals surface area (Å²) in [6.45, 7) is 9.51. The first-order valence-electron chi connectivity index (χ1n) is 6.95. The Hall–Kier alpha value is -1.56. The first-order valence-corrected chi connectivity index (χ1v) is 6.95. The third-order valence-corrected chi connectivity index (χ3v) is 3.73. The number of carbonyl (C=O) groups excluding carboxylic acids is 1. The van der Waals surface area contributed by atoms with E-state index in [1.54, 1.807) is 0 Å². The number of aryl methyl sites for hydroxylation is 2. The minimum absolute atomic E-state index is 0.0457. The molecule has 20 heavy (non-hydrogen) atoms. The Labute approximate surface area is 119 Å². The minimum Gasteiger partial charge on any atom is -0.396 e. The first-order chi connectivity index (χ1) is 9.33. The number of aromatic nitrogens is 1. The van der Waals surface area contributed by atoms with Crippen LogP contribution >= 0.6 is 0 Å². The van der Waals surface area contributed by atoms with Crippen LogP contribution in [0.2, 0.25) is 0 Å². The highest BCUT2D eigenvalue weighted by Crippen LogP contribution is 2.21. The Bertz CT molecular complexity index is 439. The lowest BCUT2D eigenvalue weighted by Gasteiger charge is -2.29. The van der Waals surface area contributed by atoms with E-state index in [9.17, 15) is 4.79 Å². The average Bonchev–Trinajstić information content (AvgIpc) is 2.68. The number of nitrogens with one attached hydrogen (secondary N) is 2. The Kier molecular flexibility index (Phi) is 5.56. The summed E-state index contributed by atoms with van der Waals surface area (Å²) in [5.41, 5.74) is 1.28. The van der Waals surface area contributed by atoms with Crippen molar-refractivity contribution in [2.75, 3.05) is 6.61 Å². The highest BCUT2D eigenvalue weighted by atomic mass is 16.5. The lowest BCUT2D eigenvalue weighted by Crippen LogP contribution is -2.50. The number of rotatable bonds is 6. The standard InChI is InChI=1S/C14H25N3O3/c1-6-14(5,7-8-18)16-13(19)15-9(2)12-10(3)17-20-11(12)4/h9,18H,6-8H2,1-5H3,(H2,15,16,19). The molecule has 6 heteroatoms. The van der Waals surface area contributed by atoms with Crippen LogP contribution in [0.25, 0.3) is 0 Å². The third-order valence-electron chi connectivity index (χ3n) is 3.73. The second-order valence-electron chi connectivity index (χ2n) is 5.45. The number of amides is 2. The largest absolute Gasteiger partial charge is 0.396 e. The summed E-state index contributed by atoms with van der Waals surface area (Å²) >= 11 is 0. The van der Waals surface area contributed by atoms with Gasteiger partial charge in [0, 0.05) is 17.7 Å². The molecule has 0 radical (unpaired) electrons. The molecule has 114 valence electrons. The van der Waals surface area contributed by atoms with E-state index in [4.69, 9.17) is 9.63 Å². The molecule has 1 aromatic rings. The van der Waals surface area contributed by atoms with Crippen molar-refractivity contribution in [2.45, 2.75) is 59.0 Å². The number of hydrogen-bond acceptors (Lipinski definition) is 4. The van der Waals surface area contributed by atoms with E-state index in [-0.39, 0.29) is 18.7 Å². The van der Waals surface area contributed by atoms with Gasteiger partial charge in [-0.25, -0.2) is 4.79 Å². The quantitative estimate of drug-likeness (QED) is 0.747. The van der Waals surface area contributed by atoms with E-state index in [2.05, 4.69) is 15.8 Å². The van der Waals surface area contributed by atoms with Crippen molar-refractivity contribution in [2.24, 2.45) is 0 Å².